The van der Waals surface area contributed by atoms with Crippen molar-refractivity contribution in [2.24, 2.45) is 5.41 Å². The summed E-state index contributed by atoms with van der Waals surface area (Å²) in [5.74, 6) is 6.98. The molecule has 1 nitrogen and oxygen atoms in total. The SMILES string of the molecule is CC(C)N1CCCCc2c(C#CC3(C)CC3)cccc21. The maximum absolute atomic E-state index is 3.50. The summed E-state index contributed by atoms with van der Waals surface area (Å²) in [7, 11) is 0. The number of nitrogens with zero attached hydrogens (tertiary/aromatic N) is 1. The Morgan fingerprint density at radius 3 is 2.70 bits per heavy atom. The number of fused-ring (bicyclic) bond motifs is 1. The lowest BCUT2D eigenvalue weighted by molar-refractivity contribution is 0.652. The molecule has 20 heavy (non-hydrogen) atoms. The Hall–Kier alpha value is -1.42. The zero-order valence-corrected chi connectivity index (χ0v) is 13.0. The van der Waals surface area contributed by atoms with E-state index in [4.69, 9.17) is 0 Å². The van der Waals surface area contributed by atoms with Gasteiger partial charge >= 0.3 is 0 Å². The van der Waals surface area contributed by atoms with Gasteiger partial charge in [-0.1, -0.05) is 17.9 Å². The molecule has 0 spiro atoms. The molecular formula is C19H25N. The second-order valence-corrected chi connectivity index (χ2v) is 6.86. The van der Waals surface area contributed by atoms with Gasteiger partial charge in [-0.05, 0) is 70.6 Å². The van der Waals surface area contributed by atoms with Gasteiger partial charge in [-0.15, -0.1) is 0 Å². The molecule has 0 unspecified atom stereocenters. The zero-order chi connectivity index (χ0) is 14.2. The molecule has 1 aromatic carbocycles. The van der Waals surface area contributed by atoms with E-state index in [0.29, 0.717) is 11.5 Å². The lowest BCUT2D eigenvalue weighted by Crippen LogP contribution is -2.31. The number of benzene rings is 1. The van der Waals surface area contributed by atoms with Gasteiger partial charge < -0.3 is 4.90 Å². The average molecular weight is 267 g/mol. The van der Waals surface area contributed by atoms with Crippen molar-refractivity contribution in [2.75, 3.05) is 11.4 Å². The molecule has 1 heterocycles. The van der Waals surface area contributed by atoms with Crippen molar-refractivity contribution in [3.05, 3.63) is 29.3 Å². The van der Waals surface area contributed by atoms with Crippen molar-refractivity contribution in [2.45, 2.75) is 58.9 Å². The summed E-state index contributed by atoms with van der Waals surface area (Å²) in [4.78, 5) is 2.55. The van der Waals surface area contributed by atoms with Crippen molar-refractivity contribution in [3.63, 3.8) is 0 Å². The van der Waals surface area contributed by atoms with E-state index in [-0.39, 0.29) is 0 Å². The zero-order valence-electron chi connectivity index (χ0n) is 13.0. The molecule has 1 fully saturated rings. The summed E-state index contributed by atoms with van der Waals surface area (Å²) >= 11 is 0. The van der Waals surface area contributed by atoms with E-state index in [0.717, 1.165) is 0 Å². The molecule has 2 aliphatic rings. The van der Waals surface area contributed by atoms with E-state index in [9.17, 15) is 0 Å². The number of hydrogen-bond acceptors (Lipinski definition) is 1. The van der Waals surface area contributed by atoms with Crippen molar-refractivity contribution in [1.82, 2.24) is 0 Å². The Bertz CT molecular complexity index is 555. The molecule has 0 saturated heterocycles. The molecule has 3 rings (SSSR count). The van der Waals surface area contributed by atoms with Crippen LogP contribution >= 0.6 is 0 Å². The van der Waals surface area contributed by atoms with Crippen molar-refractivity contribution in [3.8, 4) is 11.8 Å². The lowest BCUT2D eigenvalue weighted by Gasteiger charge is -2.29. The first-order chi connectivity index (χ1) is 9.59. The Kier molecular flexibility index (Phi) is 3.50. The lowest BCUT2D eigenvalue weighted by atomic mass is 9.99. The molecule has 1 heteroatoms. The van der Waals surface area contributed by atoms with Crippen LogP contribution in [0.15, 0.2) is 18.2 Å². The van der Waals surface area contributed by atoms with Crippen molar-refractivity contribution < 1.29 is 0 Å². The van der Waals surface area contributed by atoms with Crippen LogP contribution in [-0.4, -0.2) is 12.6 Å². The maximum atomic E-state index is 3.50. The predicted molar refractivity (Wildman–Crippen MR) is 86.1 cm³/mol. The van der Waals surface area contributed by atoms with Gasteiger partial charge in [0, 0.05) is 29.3 Å². The summed E-state index contributed by atoms with van der Waals surface area (Å²) < 4.78 is 0. The van der Waals surface area contributed by atoms with E-state index in [1.165, 1.54) is 55.5 Å². The molecule has 0 bridgehead atoms. The van der Waals surface area contributed by atoms with Crippen LogP contribution in [0.1, 0.15) is 57.6 Å². The van der Waals surface area contributed by atoms with Gasteiger partial charge in [0.15, 0.2) is 0 Å². The second-order valence-electron chi connectivity index (χ2n) is 6.86. The molecule has 0 atom stereocenters. The monoisotopic (exact) mass is 267 g/mol. The molecular weight excluding hydrogens is 242 g/mol. The van der Waals surface area contributed by atoms with Crippen LogP contribution in [-0.2, 0) is 6.42 Å². The third-order valence-corrected chi connectivity index (χ3v) is 4.66. The standard InChI is InChI=1S/C19H25N/c1-15(2)20-14-5-4-8-17-16(7-6-9-18(17)20)10-11-19(3)12-13-19/h6-7,9,15H,4-5,8,12-14H2,1-3H3. The highest BCUT2D eigenvalue weighted by molar-refractivity contribution is 5.62. The molecule has 1 aromatic rings. The van der Waals surface area contributed by atoms with Crippen LogP contribution in [0.25, 0.3) is 0 Å². The first-order valence-electron chi connectivity index (χ1n) is 8.01. The molecule has 0 N–H and O–H groups in total. The Labute approximate surface area is 123 Å². The second kappa shape index (κ2) is 5.17. The summed E-state index contributed by atoms with van der Waals surface area (Å²) in [5.41, 5.74) is 4.48. The molecule has 1 aliphatic heterocycles. The molecule has 0 amide bonds. The Balaban J connectivity index is 2.00. The highest BCUT2D eigenvalue weighted by Gasteiger charge is 2.35. The topological polar surface area (TPSA) is 3.24 Å². The van der Waals surface area contributed by atoms with Gasteiger partial charge in [0.2, 0.25) is 0 Å². The van der Waals surface area contributed by atoms with Crippen LogP contribution in [0.2, 0.25) is 0 Å². The van der Waals surface area contributed by atoms with Crippen molar-refractivity contribution in [1.29, 1.82) is 0 Å². The number of rotatable bonds is 1. The molecule has 0 aromatic heterocycles. The van der Waals surface area contributed by atoms with Crippen LogP contribution in [0.5, 0.6) is 0 Å². The summed E-state index contributed by atoms with van der Waals surface area (Å²) in [5, 5.41) is 0. The van der Waals surface area contributed by atoms with E-state index in [1.54, 1.807) is 0 Å². The number of anilines is 1. The Morgan fingerprint density at radius 1 is 1.20 bits per heavy atom. The fourth-order valence-corrected chi connectivity index (χ4v) is 3.00. The summed E-state index contributed by atoms with van der Waals surface area (Å²) in [6.07, 6.45) is 6.30. The smallest absolute Gasteiger partial charge is 0.0413 e. The minimum absolute atomic E-state index is 0.311. The van der Waals surface area contributed by atoms with Crippen LogP contribution in [0, 0.1) is 17.3 Å². The third-order valence-electron chi connectivity index (χ3n) is 4.66. The predicted octanol–water partition coefficient (Wildman–Crippen LogP) is 4.39. The largest absolute Gasteiger partial charge is 0.369 e. The summed E-state index contributed by atoms with van der Waals surface area (Å²) in [6, 6.07) is 7.24. The quantitative estimate of drug-likeness (QED) is 0.682. The van der Waals surface area contributed by atoms with Crippen LogP contribution in [0.4, 0.5) is 5.69 Å². The van der Waals surface area contributed by atoms with Gasteiger partial charge in [0.05, 0.1) is 0 Å². The minimum atomic E-state index is 0.311. The van der Waals surface area contributed by atoms with Gasteiger partial charge in [0.1, 0.15) is 0 Å². The van der Waals surface area contributed by atoms with E-state index in [2.05, 4.69) is 55.7 Å². The highest BCUT2D eigenvalue weighted by Crippen LogP contribution is 2.44. The number of hydrogen-bond donors (Lipinski definition) is 0. The maximum Gasteiger partial charge on any atom is 0.0413 e. The molecule has 106 valence electrons. The normalized spacial score (nSPS) is 19.9. The van der Waals surface area contributed by atoms with Gasteiger partial charge in [-0.25, -0.2) is 0 Å². The first kappa shape index (κ1) is 13.6. The fraction of sp³-hybridized carbons (Fsp3) is 0.579. The van der Waals surface area contributed by atoms with E-state index in [1.807, 2.05) is 0 Å². The van der Waals surface area contributed by atoms with Gasteiger partial charge in [-0.3, -0.25) is 0 Å². The van der Waals surface area contributed by atoms with Gasteiger partial charge in [-0.2, -0.15) is 0 Å². The first-order valence-corrected chi connectivity index (χ1v) is 8.01. The third kappa shape index (κ3) is 2.70. The molecule has 1 saturated carbocycles. The highest BCUT2D eigenvalue weighted by atomic mass is 15.2. The molecule has 0 radical (unpaired) electrons. The van der Waals surface area contributed by atoms with Crippen LogP contribution < -0.4 is 4.90 Å². The van der Waals surface area contributed by atoms with Crippen molar-refractivity contribution >= 4 is 5.69 Å². The molecule has 1 aliphatic carbocycles. The van der Waals surface area contributed by atoms with Gasteiger partial charge in [0.25, 0.3) is 0 Å². The fourth-order valence-electron chi connectivity index (χ4n) is 3.00. The van der Waals surface area contributed by atoms with E-state index >= 15 is 0 Å². The van der Waals surface area contributed by atoms with Crippen LogP contribution in [0.3, 0.4) is 0 Å². The Morgan fingerprint density at radius 2 is 2.00 bits per heavy atom. The average Bonchev–Trinajstić information content (AvgIpc) is 3.18. The van der Waals surface area contributed by atoms with E-state index < -0.39 is 0 Å². The minimum Gasteiger partial charge on any atom is -0.369 e. The summed E-state index contributed by atoms with van der Waals surface area (Å²) in [6.45, 7) is 8.04.